The van der Waals surface area contributed by atoms with E-state index in [1.165, 1.54) is 19.3 Å². The third-order valence-electron chi connectivity index (χ3n) is 4.10. The van der Waals surface area contributed by atoms with Gasteiger partial charge in [-0.1, -0.05) is 20.8 Å². The zero-order valence-electron chi connectivity index (χ0n) is 12.1. The molecular weight excluding hydrogens is 226 g/mol. The highest BCUT2D eigenvalue weighted by Gasteiger charge is 2.23. The Hall–Kier alpha value is -0.570. The molecule has 3 heteroatoms. The lowest BCUT2D eigenvalue weighted by Gasteiger charge is -2.32. The molecule has 18 heavy (non-hydrogen) atoms. The van der Waals surface area contributed by atoms with E-state index in [0.29, 0.717) is 18.4 Å². The van der Waals surface area contributed by atoms with Crippen molar-refractivity contribution >= 4 is 5.97 Å². The van der Waals surface area contributed by atoms with Crippen LogP contribution < -0.4 is 5.32 Å². The molecule has 0 aliphatic heterocycles. The zero-order valence-corrected chi connectivity index (χ0v) is 12.1. The molecule has 1 saturated carbocycles. The fourth-order valence-corrected chi connectivity index (χ4v) is 3.16. The summed E-state index contributed by atoms with van der Waals surface area (Å²) >= 11 is 0. The average molecular weight is 255 g/mol. The molecule has 0 bridgehead atoms. The summed E-state index contributed by atoms with van der Waals surface area (Å²) in [6, 6.07) is 0.676. The molecule has 3 unspecified atom stereocenters. The third-order valence-corrected chi connectivity index (χ3v) is 4.10. The SMILES string of the molecule is CC(CCNC1CC(C)CC(C)C1)CCC(=O)O. The monoisotopic (exact) mass is 255 g/mol. The molecule has 1 aliphatic rings. The van der Waals surface area contributed by atoms with Crippen LogP contribution in [0.3, 0.4) is 0 Å². The molecule has 0 aromatic rings. The predicted molar refractivity (Wildman–Crippen MR) is 74.6 cm³/mol. The predicted octanol–water partition coefficient (Wildman–Crippen LogP) is 3.29. The van der Waals surface area contributed by atoms with Crippen molar-refractivity contribution in [3.8, 4) is 0 Å². The van der Waals surface area contributed by atoms with Crippen LogP contribution in [-0.4, -0.2) is 23.7 Å². The summed E-state index contributed by atoms with van der Waals surface area (Å²) in [6.07, 6.45) is 6.16. The first-order chi connectivity index (χ1) is 8.47. The van der Waals surface area contributed by atoms with Crippen molar-refractivity contribution in [3.05, 3.63) is 0 Å². The highest BCUT2D eigenvalue weighted by atomic mass is 16.4. The molecular formula is C15H29NO2. The van der Waals surface area contributed by atoms with Crippen molar-refractivity contribution < 1.29 is 9.90 Å². The minimum atomic E-state index is -0.676. The average Bonchev–Trinajstić information content (AvgIpc) is 2.25. The number of nitrogens with one attached hydrogen (secondary N) is 1. The minimum absolute atomic E-state index is 0.304. The molecule has 1 rings (SSSR count). The molecule has 3 nitrogen and oxygen atoms in total. The smallest absolute Gasteiger partial charge is 0.303 e. The van der Waals surface area contributed by atoms with Gasteiger partial charge in [0, 0.05) is 12.5 Å². The van der Waals surface area contributed by atoms with Gasteiger partial charge in [0.2, 0.25) is 0 Å². The van der Waals surface area contributed by atoms with Crippen LogP contribution in [0.2, 0.25) is 0 Å². The van der Waals surface area contributed by atoms with Crippen LogP contribution in [0.25, 0.3) is 0 Å². The van der Waals surface area contributed by atoms with Crippen molar-refractivity contribution in [2.24, 2.45) is 17.8 Å². The summed E-state index contributed by atoms with van der Waals surface area (Å²) in [6.45, 7) is 7.88. The molecule has 2 N–H and O–H groups in total. The van der Waals surface area contributed by atoms with Crippen molar-refractivity contribution in [3.63, 3.8) is 0 Å². The van der Waals surface area contributed by atoms with E-state index in [-0.39, 0.29) is 0 Å². The number of aliphatic carboxylic acids is 1. The lowest BCUT2D eigenvalue weighted by atomic mass is 9.80. The van der Waals surface area contributed by atoms with Crippen molar-refractivity contribution in [1.29, 1.82) is 0 Å². The Morgan fingerprint density at radius 2 is 1.83 bits per heavy atom. The van der Waals surface area contributed by atoms with Gasteiger partial charge >= 0.3 is 5.97 Å². The summed E-state index contributed by atoms with van der Waals surface area (Å²) in [4.78, 5) is 10.5. The van der Waals surface area contributed by atoms with Gasteiger partial charge < -0.3 is 10.4 Å². The van der Waals surface area contributed by atoms with Gasteiger partial charge in [-0.05, 0) is 56.4 Å². The van der Waals surface area contributed by atoms with E-state index in [2.05, 4.69) is 26.1 Å². The molecule has 1 fully saturated rings. The number of hydrogen-bond acceptors (Lipinski definition) is 2. The maximum absolute atomic E-state index is 10.5. The minimum Gasteiger partial charge on any atom is -0.481 e. The molecule has 0 aromatic heterocycles. The summed E-state index contributed by atoms with van der Waals surface area (Å²) in [5.41, 5.74) is 0. The Bertz CT molecular complexity index is 245. The van der Waals surface area contributed by atoms with Gasteiger partial charge in [-0.2, -0.15) is 0 Å². The number of carboxylic acid groups (broad SMARTS) is 1. The van der Waals surface area contributed by atoms with Gasteiger partial charge in [0.1, 0.15) is 0 Å². The molecule has 0 amide bonds. The fourth-order valence-electron chi connectivity index (χ4n) is 3.16. The largest absolute Gasteiger partial charge is 0.481 e. The van der Waals surface area contributed by atoms with Crippen molar-refractivity contribution in [1.82, 2.24) is 5.32 Å². The van der Waals surface area contributed by atoms with E-state index >= 15 is 0 Å². The number of hydrogen-bond donors (Lipinski definition) is 2. The van der Waals surface area contributed by atoms with Crippen LogP contribution in [0.5, 0.6) is 0 Å². The van der Waals surface area contributed by atoms with E-state index in [1.807, 2.05) is 0 Å². The van der Waals surface area contributed by atoms with Crippen molar-refractivity contribution in [2.45, 2.75) is 65.3 Å². The van der Waals surface area contributed by atoms with Gasteiger partial charge in [0.15, 0.2) is 0 Å². The van der Waals surface area contributed by atoms with Gasteiger partial charge in [0.05, 0.1) is 0 Å². The molecule has 0 spiro atoms. The van der Waals surface area contributed by atoms with Crippen molar-refractivity contribution in [2.75, 3.05) is 6.54 Å². The molecule has 1 aliphatic carbocycles. The van der Waals surface area contributed by atoms with Crippen LogP contribution in [0, 0.1) is 17.8 Å². The zero-order chi connectivity index (χ0) is 13.5. The standard InChI is InChI=1S/C15H29NO2/c1-11(4-5-15(17)18)6-7-16-14-9-12(2)8-13(3)10-14/h11-14,16H,4-10H2,1-3H3,(H,17,18). The Morgan fingerprint density at radius 3 is 2.39 bits per heavy atom. The second-order valence-electron chi connectivity index (χ2n) is 6.39. The summed E-state index contributed by atoms with van der Waals surface area (Å²) in [5, 5.41) is 12.3. The molecule has 0 saturated heterocycles. The molecule has 0 aromatic carbocycles. The van der Waals surface area contributed by atoms with Crippen LogP contribution in [0.1, 0.15) is 59.3 Å². The van der Waals surface area contributed by atoms with E-state index < -0.39 is 5.97 Å². The van der Waals surface area contributed by atoms with Crippen LogP contribution in [0.15, 0.2) is 0 Å². The Balaban J connectivity index is 2.11. The normalized spacial score (nSPS) is 30.1. The Kier molecular flexibility index (Phi) is 6.69. The second kappa shape index (κ2) is 7.78. The lowest BCUT2D eigenvalue weighted by molar-refractivity contribution is -0.137. The van der Waals surface area contributed by atoms with Gasteiger partial charge in [-0.3, -0.25) is 4.79 Å². The van der Waals surface area contributed by atoms with Gasteiger partial charge in [-0.15, -0.1) is 0 Å². The quantitative estimate of drug-likeness (QED) is 0.734. The summed E-state index contributed by atoms with van der Waals surface area (Å²) < 4.78 is 0. The highest BCUT2D eigenvalue weighted by molar-refractivity contribution is 5.66. The summed E-state index contributed by atoms with van der Waals surface area (Å²) in [5.74, 6) is 1.52. The highest BCUT2D eigenvalue weighted by Crippen LogP contribution is 2.28. The van der Waals surface area contributed by atoms with Crippen LogP contribution >= 0.6 is 0 Å². The first-order valence-corrected chi connectivity index (χ1v) is 7.42. The first kappa shape index (κ1) is 15.5. The van der Waals surface area contributed by atoms with Gasteiger partial charge in [0.25, 0.3) is 0 Å². The van der Waals surface area contributed by atoms with E-state index in [4.69, 9.17) is 5.11 Å². The maximum Gasteiger partial charge on any atom is 0.303 e. The maximum atomic E-state index is 10.5. The van der Waals surface area contributed by atoms with E-state index in [9.17, 15) is 4.79 Å². The van der Waals surface area contributed by atoms with E-state index in [1.54, 1.807) is 0 Å². The summed E-state index contributed by atoms with van der Waals surface area (Å²) in [7, 11) is 0. The number of rotatable bonds is 7. The van der Waals surface area contributed by atoms with Crippen LogP contribution in [0.4, 0.5) is 0 Å². The lowest BCUT2D eigenvalue weighted by Crippen LogP contribution is -2.37. The second-order valence-corrected chi connectivity index (χ2v) is 6.39. The molecule has 0 radical (unpaired) electrons. The Morgan fingerprint density at radius 1 is 1.22 bits per heavy atom. The van der Waals surface area contributed by atoms with E-state index in [0.717, 1.165) is 31.2 Å². The molecule has 0 heterocycles. The van der Waals surface area contributed by atoms with Gasteiger partial charge in [-0.25, -0.2) is 0 Å². The molecule has 106 valence electrons. The molecule has 3 atom stereocenters. The Labute approximate surface area is 111 Å². The topological polar surface area (TPSA) is 49.3 Å². The first-order valence-electron chi connectivity index (χ1n) is 7.42. The fraction of sp³-hybridized carbons (Fsp3) is 0.933. The van der Waals surface area contributed by atoms with Crippen LogP contribution in [-0.2, 0) is 4.79 Å². The number of carbonyl (C=O) groups is 1. The number of carboxylic acids is 1. The third kappa shape index (κ3) is 6.39.